The predicted octanol–water partition coefficient (Wildman–Crippen LogP) is 0.133. The van der Waals surface area contributed by atoms with Crippen molar-refractivity contribution in [2.24, 2.45) is 11.7 Å². The van der Waals surface area contributed by atoms with Gasteiger partial charge in [0.1, 0.15) is 12.1 Å². The van der Waals surface area contributed by atoms with Gasteiger partial charge in [0, 0.05) is 18.3 Å². The maximum Gasteiger partial charge on any atom is 0.326 e. The lowest BCUT2D eigenvalue weighted by atomic mass is 9.98. The number of amides is 2. The molecule has 2 amide bonds. The van der Waals surface area contributed by atoms with Gasteiger partial charge in [0.15, 0.2) is 0 Å². The quantitative estimate of drug-likeness (QED) is 0.335. The van der Waals surface area contributed by atoms with Crippen molar-refractivity contribution in [3.05, 3.63) is 18.2 Å². The molecule has 0 spiro atoms. The normalized spacial score (nSPS) is 15.4. The molecule has 152 valence electrons. The SMILES string of the molecule is CCC(C)C(N)C(=O)NC(Cc1cnc[nH]1)C(=O)NC(CCSC)C(=O)O. The molecule has 1 heterocycles. The number of nitrogens with one attached hydrogen (secondary N) is 3. The van der Waals surface area contributed by atoms with Crippen LogP contribution in [0.3, 0.4) is 0 Å². The molecule has 4 unspecified atom stereocenters. The molecule has 1 aromatic heterocycles. The Labute approximate surface area is 163 Å². The monoisotopic (exact) mass is 399 g/mol. The minimum absolute atomic E-state index is 0.0470. The Balaban J connectivity index is 2.87. The number of carbonyl (C=O) groups excluding carboxylic acids is 2. The van der Waals surface area contributed by atoms with Crippen molar-refractivity contribution < 1.29 is 19.5 Å². The van der Waals surface area contributed by atoms with Crippen molar-refractivity contribution in [3.63, 3.8) is 0 Å². The lowest BCUT2D eigenvalue weighted by Crippen LogP contribution is -2.56. The summed E-state index contributed by atoms with van der Waals surface area (Å²) < 4.78 is 0. The van der Waals surface area contributed by atoms with E-state index in [2.05, 4.69) is 20.6 Å². The second-order valence-corrected chi connectivity index (χ2v) is 7.42. The van der Waals surface area contributed by atoms with Crippen molar-refractivity contribution in [1.29, 1.82) is 0 Å². The summed E-state index contributed by atoms with van der Waals surface area (Å²) in [4.78, 5) is 43.3. The average Bonchev–Trinajstić information content (AvgIpc) is 3.15. The van der Waals surface area contributed by atoms with Gasteiger partial charge < -0.3 is 26.5 Å². The van der Waals surface area contributed by atoms with Crippen molar-refractivity contribution in [3.8, 4) is 0 Å². The van der Waals surface area contributed by atoms with Crippen LogP contribution < -0.4 is 16.4 Å². The molecule has 0 saturated carbocycles. The van der Waals surface area contributed by atoms with E-state index in [9.17, 15) is 19.5 Å². The van der Waals surface area contributed by atoms with E-state index in [0.29, 0.717) is 17.9 Å². The van der Waals surface area contributed by atoms with Gasteiger partial charge in [-0.05, 0) is 24.3 Å². The molecule has 27 heavy (non-hydrogen) atoms. The number of nitrogens with two attached hydrogens (primary N) is 1. The Morgan fingerprint density at radius 2 is 1.96 bits per heavy atom. The molecule has 0 radical (unpaired) electrons. The number of thioether (sulfide) groups is 1. The number of carboxylic acids is 1. The summed E-state index contributed by atoms with van der Waals surface area (Å²) in [5, 5.41) is 14.5. The first-order chi connectivity index (χ1) is 12.8. The minimum atomic E-state index is -1.11. The average molecular weight is 400 g/mol. The molecule has 9 nitrogen and oxygen atoms in total. The van der Waals surface area contributed by atoms with Gasteiger partial charge in [0.2, 0.25) is 11.8 Å². The summed E-state index contributed by atoms with van der Waals surface area (Å²) in [5.74, 6) is -1.58. The molecular formula is C17H29N5O4S. The maximum absolute atomic E-state index is 12.7. The maximum atomic E-state index is 12.7. The summed E-state index contributed by atoms with van der Waals surface area (Å²) in [5.41, 5.74) is 6.59. The highest BCUT2D eigenvalue weighted by atomic mass is 32.2. The number of nitrogens with zero attached hydrogens (tertiary/aromatic N) is 1. The second-order valence-electron chi connectivity index (χ2n) is 6.43. The molecule has 4 atom stereocenters. The fourth-order valence-electron chi connectivity index (χ4n) is 2.37. The highest BCUT2D eigenvalue weighted by molar-refractivity contribution is 7.98. The number of carbonyl (C=O) groups is 3. The molecule has 0 fully saturated rings. The molecule has 0 bridgehead atoms. The van der Waals surface area contributed by atoms with Gasteiger partial charge in [-0.2, -0.15) is 11.8 Å². The number of aliphatic carboxylic acids is 1. The lowest BCUT2D eigenvalue weighted by Gasteiger charge is -2.24. The summed E-state index contributed by atoms with van der Waals surface area (Å²) in [7, 11) is 0. The van der Waals surface area contributed by atoms with Crippen LogP contribution in [0.5, 0.6) is 0 Å². The lowest BCUT2D eigenvalue weighted by molar-refractivity contribution is -0.142. The van der Waals surface area contributed by atoms with E-state index < -0.39 is 35.9 Å². The topological polar surface area (TPSA) is 150 Å². The number of H-pyrrole nitrogens is 1. The molecule has 6 N–H and O–H groups in total. The van der Waals surface area contributed by atoms with Gasteiger partial charge in [-0.3, -0.25) is 9.59 Å². The Kier molecular flexibility index (Phi) is 9.87. The minimum Gasteiger partial charge on any atom is -0.480 e. The zero-order valence-electron chi connectivity index (χ0n) is 15.9. The van der Waals surface area contributed by atoms with Gasteiger partial charge in [-0.25, -0.2) is 9.78 Å². The van der Waals surface area contributed by atoms with Crippen molar-refractivity contribution in [2.45, 2.75) is 51.2 Å². The molecule has 0 aromatic carbocycles. The fourth-order valence-corrected chi connectivity index (χ4v) is 2.84. The number of aromatic amines is 1. The van der Waals surface area contributed by atoms with Crippen LogP contribution in [-0.4, -0.2) is 63.0 Å². The Morgan fingerprint density at radius 1 is 1.30 bits per heavy atom. The highest BCUT2D eigenvalue weighted by Gasteiger charge is 2.29. The van der Waals surface area contributed by atoms with E-state index >= 15 is 0 Å². The molecule has 0 saturated heterocycles. The largest absolute Gasteiger partial charge is 0.480 e. The number of aromatic nitrogens is 2. The smallest absolute Gasteiger partial charge is 0.326 e. The first kappa shape index (κ1) is 23.0. The van der Waals surface area contributed by atoms with Crippen molar-refractivity contribution in [2.75, 3.05) is 12.0 Å². The molecule has 0 aliphatic rings. The van der Waals surface area contributed by atoms with Gasteiger partial charge in [0.25, 0.3) is 0 Å². The van der Waals surface area contributed by atoms with E-state index in [4.69, 9.17) is 5.73 Å². The third kappa shape index (κ3) is 7.59. The van der Waals surface area contributed by atoms with E-state index in [-0.39, 0.29) is 12.3 Å². The Bertz CT molecular complexity index is 610. The Morgan fingerprint density at radius 3 is 2.48 bits per heavy atom. The van der Waals surface area contributed by atoms with Crippen LogP contribution in [-0.2, 0) is 20.8 Å². The summed E-state index contributed by atoms with van der Waals surface area (Å²) in [6.07, 6.45) is 6.04. The van der Waals surface area contributed by atoms with Crippen LogP contribution in [0.15, 0.2) is 12.5 Å². The Hall–Kier alpha value is -2.07. The molecule has 1 rings (SSSR count). The standard InChI is InChI=1S/C17H29N5O4S/c1-4-10(2)14(18)16(24)22-13(7-11-8-19-9-20-11)15(23)21-12(17(25)26)5-6-27-3/h8-10,12-14H,4-7,18H2,1-3H3,(H,19,20)(H,21,23)(H,22,24)(H,25,26). The summed E-state index contributed by atoms with van der Waals surface area (Å²) in [6.45, 7) is 3.78. The summed E-state index contributed by atoms with van der Waals surface area (Å²) in [6, 6.07) is -2.72. The van der Waals surface area contributed by atoms with Crippen LogP contribution in [0.2, 0.25) is 0 Å². The molecule has 10 heteroatoms. The van der Waals surface area contributed by atoms with Crippen LogP contribution in [0.4, 0.5) is 0 Å². The van der Waals surface area contributed by atoms with Crippen LogP contribution >= 0.6 is 11.8 Å². The van der Waals surface area contributed by atoms with E-state index in [0.717, 1.165) is 6.42 Å². The molecular weight excluding hydrogens is 370 g/mol. The number of hydrogen-bond donors (Lipinski definition) is 5. The molecule has 0 aliphatic heterocycles. The van der Waals surface area contributed by atoms with Crippen LogP contribution in [0, 0.1) is 5.92 Å². The van der Waals surface area contributed by atoms with Gasteiger partial charge in [0.05, 0.1) is 12.4 Å². The predicted molar refractivity (Wildman–Crippen MR) is 104 cm³/mol. The third-order valence-electron chi connectivity index (χ3n) is 4.40. The van der Waals surface area contributed by atoms with Crippen LogP contribution in [0.25, 0.3) is 0 Å². The molecule has 1 aromatic rings. The number of hydrogen-bond acceptors (Lipinski definition) is 6. The zero-order valence-corrected chi connectivity index (χ0v) is 16.7. The first-order valence-corrected chi connectivity index (χ1v) is 10.2. The summed E-state index contributed by atoms with van der Waals surface area (Å²) >= 11 is 1.49. The highest BCUT2D eigenvalue weighted by Crippen LogP contribution is 2.08. The van der Waals surface area contributed by atoms with Gasteiger partial charge in [-0.1, -0.05) is 20.3 Å². The fraction of sp³-hybridized carbons (Fsp3) is 0.647. The number of rotatable bonds is 12. The van der Waals surface area contributed by atoms with E-state index in [1.54, 1.807) is 6.20 Å². The van der Waals surface area contributed by atoms with E-state index in [1.807, 2.05) is 20.1 Å². The number of imidazole rings is 1. The van der Waals surface area contributed by atoms with Gasteiger partial charge in [-0.15, -0.1) is 0 Å². The third-order valence-corrected chi connectivity index (χ3v) is 5.04. The molecule has 0 aliphatic carbocycles. The van der Waals surface area contributed by atoms with Gasteiger partial charge >= 0.3 is 5.97 Å². The van der Waals surface area contributed by atoms with Crippen LogP contribution in [0.1, 0.15) is 32.4 Å². The van der Waals surface area contributed by atoms with E-state index in [1.165, 1.54) is 18.1 Å². The first-order valence-electron chi connectivity index (χ1n) is 8.85. The second kappa shape index (κ2) is 11.6. The number of carboxylic acid groups (broad SMARTS) is 1. The van der Waals surface area contributed by atoms with Crippen molar-refractivity contribution >= 4 is 29.5 Å². The van der Waals surface area contributed by atoms with Crippen molar-refractivity contribution in [1.82, 2.24) is 20.6 Å². The zero-order chi connectivity index (χ0) is 20.4.